The molecule has 1 aromatic heterocycles. The van der Waals surface area contributed by atoms with Crippen molar-refractivity contribution in [3.05, 3.63) is 70.4 Å². The van der Waals surface area contributed by atoms with Crippen LogP contribution in [0, 0.1) is 23.7 Å². The Labute approximate surface area is 228 Å². The number of methoxy groups -OCH3 is 1. The number of aromatic nitrogens is 1. The van der Waals surface area contributed by atoms with Gasteiger partial charge in [0.05, 0.1) is 35.7 Å². The average Bonchev–Trinajstić information content (AvgIpc) is 2.91. The highest BCUT2D eigenvalue weighted by molar-refractivity contribution is 6.31. The fraction of sp³-hybridized carbons (Fsp3) is 0.379. The molecule has 0 spiro atoms. The third-order valence-corrected chi connectivity index (χ3v) is 7.40. The van der Waals surface area contributed by atoms with Crippen LogP contribution < -0.4 is 4.74 Å². The molecule has 3 aromatic rings. The molecule has 1 unspecified atom stereocenters. The van der Waals surface area contributed by atoms with E-state index >= 15 is 4.39 Å². The number of benzene rings is 2. The van der Waals surface area contributed by atoms with Crippen molar-refractivity contribution >= 4 is 28.5 Å². The van der Waals surface area contributed by atoms with Crippen LogP contribution in [0.2, 0.25) is 5.02 Å². The maximum absolute atomic E-state index is 15.4. The average molecular weight is 563 g/mol. The van der Waals surface area contributed by atoms with Crippen LogP contribution in [0.1, 0.15) is 42.1 Å². The van der Waals surface area contributed by atoms with Gasteiger partial charge in [0.15, 0.2) is 0 Å². The summed E-state index contributed by atoms with van der Waals surface area (Å²) in [7, 11) is 1.54. The zero-order valence-electron chi connectivity index (χ0n) is 21.1. The van der Waals surface area contributed by atoms with E-state index in [1.165, 1.54) is 13.2 Å². The molecule has 3 atom stereocenters. The Balaban J connectivity index is 1.38. The molecule has 2 heterocycles. The first-order chi connectivity index (χ1) is 18.6. The lowest BCUT2D eigenvalue weighted by molar-refractivity contribution is -0.146. The molecule has 39 heavy (non-hydrogen) atoms. The van der Waals surface area contributed by atoms with E-state index in [-0.39, 0.29) is 31.0 Å². The topological polar surface area (TPSA) is 62.7 Å². The second-order valence-electron chi connectivity index (χ2n) is 9.55. The van der Waals surface area contributed by atoms with E-state index in [1.807, 2.05) is 4.90 Å². The number of fused-ring (bicyclic) bond motifs is 1. The van der Waals surface area contributed by atoms with Crippen LogP contribution in [0.3, 0.4) is 0 Å². The molecule has 1 fully saturated rings. The van der Waals surface area contributed by atoms with Gasteiger partial charge in [0, 0.05) is 23.7 Å². The summed E-state index contributed by atoms with van der Waals surface area (Å²) in [5.41, 5.74) is 0.371. The Morgan fingerprint density at radius 2 is 2.05 bits per heavy atom. The Kier molecular flexibility index (Phi) is 8.98. The molecule has 1 aliphatic rings. The van der Waals surface area contributed by atoms with Crippen molar-refractivity contribution in [2.24, 2.45) is 11.8 Å². The monoisotopic (exact) mass is 562 g/mol. The van der Waals surface area contributed by atoms with E-state index in [0.29, 0.717) is 41.6 Å². The van der Waals surface area contributed by atoms with Crippen molar-refractivity contribution in [1.82, 2.24) is 9.88 Å². The number of ether oxygens (including phenoxy) is 1. The van der Waals surface area contributed by atoms with Gasteiger partial charge in [-0.15, -0.1) is 0 Å². The number of carboxylic acids is 1. The van der Waals surface area contributed by atoms with Crippen LogP contribution in [0.5, 0.6) is 5.75 Å². The number of nitrogens with zero attached hydrogens (tertiary/aromatic N) is 2. The van der Waals surface area contributed by atoms with Gasteiger partial charge in [0.1, 0.15) is 11.9 Å². The van der Waals surface area contributed by atoms with Gasteiger partial charge in [-0.05, 0) is 79.8 Å². The molecule has 0 radical (unpaired) electrons. The van der Waals surface area contributed by atoms with Gasteiger partial charge in [-0.25, -0.2) is 4.39 Å². The number of piperidine rings is 1. The van der Waals surface area contributed by atoms with Gasteiger partial charge >= 0.3 is 12.1 Å². The molecule has 0 amide bonds. The third kappa shape index (κ3) is 7.00. The van der Waals surface area contributed by atoms with E-state index < -0.39 is 34.8 Å². The standard InChI is InChI=1S/C29H27ClF4N2O3/c1-39-20-6-9-27-22(16-20)21(10-12-35-27)26(31)8-5-19-11-14-36(17-23(19)28(37)38)13-2-3-18-4-7-25(30)24(15-18)29(32,33)34/h4,6-7,9-10,12,15-16,19,23,26H,5,8,11,13-14,17H2,1H3,(H,37,38)/t19-,23+,26?/m1/s1. The highest BCUT2D eigenvalue weighted by Gasteiger charge is 2.35. The van der Waals surface area contributed by atoms with Crippen LogP contribution >= 0.6 is 11.6 Å². The predicted molar refractivity (Wildman–Crippen MR) is 140 cm³/mol. The van der Waals surface area contributed by atoms with Gasteiger partial charge in [-0.2, -0.15) is 13.2 Å². The molecule has 1 aliphatic heterocycles. The summed E-state index contributed by atoms with van der Waals surface area (Å²) < 4.78 is 59.9. The highest BCUT2D eigenvalue weighted by Crippen LogP contribution is 2.36. The van der Waals surface area contributed by atoms with Gasteiger partial charge in [-0.1, -0.05) is 23.4 Å². The summed E-state index contributed by atoms with van der Waals surface area (Å²) in [4.78, 5) is 18.2. The Bertz CT molecular complexity index is 1400. The van der Waals surface area contributed by atoms with Crippen LogP contribution in [0.25, 0.3) is 10.9 Å². The van der Waals surface area contributed by atoms with Gasteiger partial charge in [0.2, 0.25) is 0 Å². The second kappa shape index (κ2) is 12.2. The predicted octanol–water partition coefficient (Wildman–Crippen LogP) is 6.78. The number of halogens is 5. The molecule has 10 heteroatoms. The molecule has 0 saturated carbocycles. The largest absolute Gasteiger partial charge is 0.497 e. The first-order valence-electron chi connectivity index (χ1n) is 12.4. The Morgan fingerprint density at radius 1 is 1.26 bits per heavy atom. The Hall–Kier alpha value is -3.35. The number of carbonyl (C=O) groups is 1. The molecular formula is C29H27ClF4N2O3. The van der Waals surface area contributed by atoms with E-state index in [9.17, 15) is 23.1 Å². The zero-order chi connectivity index (χ0) is 28.2. The van der Waals surface area contributed by atoms with Crippen LogP contribution in [-0.4, -0.2) is 47.7 Å². The molecular weight excluding hydrogens is 536 g/mol. The molecule has 0 bridgehead atoms. The van der Waals surface area contributed by atoms with Crippen molar-refractivity contribution < 1.29 is 32.2 Å². The molecule has 4 rings (SSSR count). The maximum atomic E-state index is 15.4. The van der Waals surface area contributed by atoms with E-state index in [2.05, 4.69) is 16.8 Å². The van der Waals surface area contributed by atoms with E-state index in [1.54, 1.807) is 30.5 Å². The molecule has 1 N–H and O–H groups in total. The minimum atomic E-state index is -4.58. The van der Waals surface area contributed by atoms with Crippen LogP contribution in [0.15, 0.2) is 48.7 Å². The van der Waals surface area contributed by atoms with Gasteiger partial charge < -0.3 is 9.84 Å². The number of alkyl halides is 4. The van der Waals surface area contributed by atoms with Crippen molar-refractivity contribution in [2.75, 3.05) is 26.7 Å². The number of carboxylic acid groups (broad SMARTS) is 1. The maximum Gasteiger partial charge on any atom is 0.417 e. The van der Waals surface area contributed by atoms with Gasteiger partial charge in [-0.3, -0.25) is 14.7 Å². The number of likely N-dealkylation sites (tertiary alicyclic amines) is 1. The summed E-state index contributed by atoms with van der Waals surface area (Å²) in [6.45, 7) is 0.996. The smallest absolute Gasteiger partial charge is 0.417 e. The summed E-state index contributed by atoms with van der Waals surface area (Å²) in [6.07, 6.45) is -3.19. The van der Waals surface area contributed by atoms with Crippen molar-refractivity contribution in [3.8, 4) is 17.6 Å². The van der Waals surface area contributed by atoms with E-state index in [0.717, 1.165) is 12.1 Å². The highest BCUT2D eigenvalue weighted by atomic mass is 35.5. The molecule has 1 saturated heterocycles. The third-order valence-electron chi connectivity index (χ3n) is 7.08. The van der Waals surface area contributed by atoms with Crippen molar-refractivity contribution in [2.45, 2.75) is 31.6 Å². The lowest BCUT2D eigenvalue weighted by atomic mass is 9.81. The minimum absolute atomic E-state index is 0.169. The molecule has 2 aromatic carbocycles. The lowest BCUT2D eigenvalue weighted by Crippen LogP contribution is -2.44. The number of aliphatic carboxylic acids is 1. The van der Waals surface area contributed by atoms with Crippen LogP contribution in [-0.2, 0) is 11.0 Å². The van der Waals surface area contributed by atoms with E-state index in [4.69, 9.17) is 16.3 Å². The SMILES string of the molecule is COc1ccc2nccc(C(F)CC[C@@H]3CCN(CC#Cc4ccc(Cl)c(C(F)(F)F)c4)C[C@@H]3C(=O)O)c2c1. The minimum Gasteiger partial charge on any atom is -0.497 e. The fourth-order valence-corrected chi connectivity index (χ4v) is 5.20. The van der Waals surface area contributed by atoms with Crippen molar-refractivity contribution in [3.63, 3.8) is 0 Å². The quantitative estimate of drug-likeness (QED) is 0.254. The van der Waals surface area contributed by atoms with Crippen molar-refractivity contribution in [1.29, 1.82) is 0 Å². The zero-order valence-corrected chi connectivity index (χ0v) is 21.9. The summed E-state index contributed by atoms with van der Waals surface area (Å²) in [6, 6.07) is 10.4. The van der Waals surface area contributed by atoms with Gasteiger partial charge in [0.25, 0.3) is 0 Å². The molecule has 5 nitrogen and oxygen atoms in total. The second-order valence-corrected chi connectivity index (χ2v) is 9.96. The number of pyridine rings is 1. The number of hydrogen-bond acceptors (Lipinski definition) is 4. The summed E-state index contributed by atoms with van der Waals surface area (Å²) >= 11 is 5.65. The number of hydrogen-bond donors (Lipinski definition) is 1. The Morgan fingerprint density at radius 3 is 2.77 bits per heavy atom. The van der Waals surface area contributed by atoms with Crippen LogP contribution in [0.4, 0.5) is 17.6 Å². The molecule has 206 valence electrons. The summed E-state index contributed by atoms with van der Waals surface area (Å²) in [5.74, 6) is 4.28. The fourth-order valence-electron chi connectivity index (χ4n) is 4.97. The molecule has 0 aliphatic carbocycles. The number of rotatable bonds is 7. The first kappa shape index (κ1) is 28.7. The summed E-state index contributed by atoms with van der Waals surface area (Å²) in [5, 5.41) is 10.1. The first-order valence-corrected chi connectivity index (χ1v) is 12.8. The lowest BCUT2D eigenvalue weighted by Gasteiger charge is -2.35. The normalized spacial score (nSPS) is 18.8.